The third-order valence-corrected chi connectivity index (χ3v) is 4.84. The summed E-state index contributed by atoms with van der Waals surface area (Å²) in [6.07, 6.45) is 2.38. The van der Waals surface area contributed by atoms with Gasteiger partial charge in [0.2, 0.25) is 0 Å². The number of hydrogen-bond acceptors (Lipinski definition) is 5. The molecule has 0 radical (unpaired) electrons. The van der Waals surface area contributed by atoms with Gasteiger partial charge in [-0.15, -0.1) is 0 Å². The van der Waals surface area contributed by atoms with Crippen LogP contribution in [-0.2, 0) is 0 Å². The molecule has 2 heterocycles. The van der Waals surface area contributed by atoms with Gasteiger partial charge in [0.1, 0.15) is 6.17 Å². The van der Waals surface area contributed by atoms with E-state index in [2.05, 4.69) is 24.0 Å². The molecule has 0 bridgehead atoms. The summed E-state index contributed by atoms with van der Waals surface area (Å²) in [6.45, 7) is 2.18. The van der Waals surface area contributed by atoms with E-state index in [9.17, 15) is 5.21 Å². The van der Waals surface area contributed by atoms with Crippen molar-refractivity contribution in [2.24, 2.45) is 4.99 Å². The molecule has 4 atom stereocenters. The number of rotatable bonds is 5. The van der Waals surface area contributed by atoms with Gasteiger partial charge < -0.3 is 10.4 Å². The largest absolute Gasteiger partial charge is 0.733 e. The lowest BCUT2D eigenvalue weighted by atomic mass is 10.0. The van der Waals surface area contributed by atoms with E-state index < -0.39 is 0 Å². The molecular weight excluding hydrogens is 302 g/mol. The van der Waals surface area contributed by atoms with Crippen molar-refractivity contribution in [3.8, 4) is 0 Å². The minimum atomic E-state index is -0.103. The normalized spacial score (nSPS) is 27.5. The summed E-state index contributed by atoms with van der Waals surface area (Å²) < 4.78 is 0. The molecule has 4 unspecified atom stereocenters. The Balaban J connectivity index is 1.62. The molecule has 2 aliphatic rings. The van der Waals surface area contributed by atoms with Crippen LogP contribution in [0.4, 0.5) is 5.69 Å². The van der Waals surface area contributed by atoms with Crippen LogP contribution in [0, 0.1) is 5.21 Å². The van der Waals surface area contributed by atoms with Gasteiger partial charge in [0.25, 0.3) is 0 Å². The second-order valence-corrected chi connectivity index (χ2v) is 6.35. The van der Waals surface area contributed by atoms with E-state index in [1.807, 2.05) is 30.3 Å². The molecule has 0 spiro atoms. The van der Waals surface area contributed by atoms with Gasteiger partial charge in [0, 0.05) is 0 Å². The fourth-order valence-electron chi connectivity index (χ4n) is 3.69. The molecule has 24 heavy (non-hydrogen) atoms. The van der Waals surface area contributed by atoms with Gasteiger partial charge in [-0.3, -0.25) is 15.1 Å². The van der Waals surface area contributed by atoms with Crippen LogP contribution in [0.2, 0.25) is 0 Å². The lowest BCUT2D eigenvalue weighted by molar-refractivity contribution is 0.296. The molecule has 2 aromatic carbocycles. The maximum Gasteiger partial charge on any atom is 0.103 e. The fraction of sp³-hybridized carbons (Fsp3) is 0.316. The van der Waals surface area contributed by atoms with Crippen molar-refractivity contribution < 1.29 is 5.21 Å². The van der Waals surface area contributed by atoms with Crippen molar-refractivity contribution in [3.63, 3.8) is 0 Å². The number of anilines is 1. The van der Waals surface area contributed by atoms with Crippen molar-refractivity contribution in [2.75, 3.05) is 5.23 Å². The van der Waals surface area contributed by atoms with Gasteiger partial charge in [-0.25, -0.2) is 0 Å². The molecule has 2 aromatic rings. The van der Waals surface area contributed by atoms with Crippen LogP contribution in [0.15, 0.2) is 59.6 Å². The van der Waals surface area contributed by atoms with Crippen molar-refractivity contribution >= 4 is 11.4 Å². The fourth-order valence-corrected chi connectivity index (χ4v) is 3.69. The maximum atomic E-state index is 11.0. The van der Waals surface area contributed by atoms with Crippen LogP contribution in [-0.4, -0.2) is 28.0 Å². The standard InChI is InChI=1S/C19H20N3O2/c1-2-6-16-20-17(13-7-4-3-5-8-13)19-18(21(16)19)14-9-11-15(12-10-14)22(23)24/h3-5,7-12,16,18-19,23H,2,6H2,1H3/q-1. The molecule has 0 aromatic heterocycles. The molecule has 0 saturated carbocycles. The van der Waals surface area contributed by atoms with E-state index >= 15 is 0 Å². The third-order valence-electron chi connectivity index (χ3n) is 4.84. The lowest BCUT2D eigenvalue weighted by Gasteiger charge is -2.21. The Kier molecular flexibility index (Phi) is 3.84. The first-order valence-electron chi connectivity index (χ1n) is 8.37. The van der Waals surface area contributed by atoms with Crippen LogP contribution >= 0.6 is 0 Å². The summed E-state index contributed by atoms with van der Waals surface area (Å²) in [5, 5.41) is 19.8. The van der Waals surface area contributed by atoms with E-state index in [-0.39, 0.29) is 17.1 Å². The molecule has 0 aliphatic carbocycles. The number of nitrogens with zero attached hydrogens (tertiary/aromatic N) is 3. The van der Waals surface area contributed by atoms with E-state index in [1.165, 1.54) is 5.56 Å². The van der Waals surface area contributed by atoms with Crippen molar-refractivity contribution in [2.45, 2.75) is 38.0 Å². The highest BCUT2D eigenvalue weighted by atomic mass is 16.8. The van der Waals surface area contributed by atoms with E-state index in [0.29, 0.717) is 12.1 Å². The van der Waals surface area contributed by atoms with Crippen LogP contribution in [0.5, 0.6) is 0 Å². The number of benzene rings is 2. The summed E-state index contributed by atoms with van der Waals surface area (Å²) in [6, 6.07) is 18.1. The average Bonchev–Trinajstić information content (AvgIpc) is 3.24. The Hall–Kier alpha value is -2.21. The lowest BCUT2D eigenvalue weighted by Crippen LogP contribution is -2.14. The zero-order valence-electron chi connectivity index (χ0n) is 13.5. The zero-order valence-corrected chi connectivity index (χ0v) is 13.5. The summed E-state index contributed by atoms with van der Waals surface area (Å²) in [5.74, 6) is 0. The quantitative estimate of drug-likeness (QED) is 0.673. The van der Waals surface area contributed by atoms with Gasteiger partial charge >= 0.3 is 0 Å². The van der Waals surface area contributed by atoms with Gasteiger partial charge in [0.15, 0.2) is 0 Å². The molecule has 0 amide bonds. The summed E-state index contributed by atoms with van der Waals surface area (Å²) in [7, 11) is 0. The summed E-state index contributed by atoms with van der Waals surface area (Å²) in [4.78, 5) is 7.38. The molecular formula is C19H20N3O2-. The van der Waals surface area contributed by atoms with Crippen LogP contribution < -0.4 is 5.23 Å². The number of aliphatic imine (C=N–C) groups is 1. The topological polar surface area (TPSA) is 61.9 Å². The third kappa shape index (κ3) is 2.51. The highest BCUT2D eigenvalue weighted by Crippen LogP contribution is 2.51. The molecule has 2 aliphatic heterocycles. The Morgan fingerprint density at radius 1 is 1.08 bits per heavy atom. The molecule has 5 heteroatoms. The van der Waals surface area contributed by atoms with Crippen molar-refractivity contribution in [1.29, 1.82) is 0 Å². The summed E-state index contributed by atoms with van der Waals surface area (Å²) in [5.41, 5.74) is 3.76. The van der Waals surface area contributed by atoms with Gasteiger partial charge in [0.05, 0.1) is 23.5 Å². The predicted molar refractivity (Wildman–Crippen MR) is 94.1 cm³/mol. The monoisotopic (exact) mass is 322 g/mol. The first kappa shape index (κ1) is 15.3. The van der Waals surface area contributed by atoms with Crippen molar-refractivity contribution in [3.05, 3.63) is 70.9 Å². The highest BCUT2D eigenvalue weighted by molar-refractivity contribution is 6.08. The second kappa shape index (κ2) is 6.02. The number of hydrogen-bond donors (Lipinski definition) is 1. The van der Waals surface area contributed by atoms with Gasteiger partial charge in [-0.1, -0.05) is 55.8 Å². The molecule has 1 fully saturated rings. The Morgan fingerprint density at radius 3 is 2.42 bits per heavy atom. The zero-order chi connectivity index (χ0) is 16.7. The molecule has 5 nitrogen and oxygen atoms in total. The Labute approximate surface area is 141 Å². The van der Waals surface area contributed by atoms with Crippen LogP contribution in [0.1, 0.15) is 36.9 Å². The van der Waals surface area contributed by atoms with Gasteiger partial charge in [-0.05, 0) is 29.7 Å². The maximum absolute atomic E-state index is 11.0. The first-order chi connectivity index (χ1) is 11.7. The van der Waals surface area contributed by atoms with E-state index in [1.54, 1.807) is 12.1 Å². The number of fused-ring (bicyclic) bond motifs is 1. The molecule has 124 valence electrons. The Bertz CT molecular complexity index is 743. The average molecular weight is 322 g/mol. The predicted octanol–water partition coefficient (Wildman–Crippen LogP) is 3.73. The van der Waals surface area contributed by atoms with Crippen LogP contribution in [0.3, 0.4) is 0 Å². The van der Waals surface area contributed by atoms with Gasteiger partial charge in [-0.2, -0.15) is 0 Å². The summed E-state index contributed by atoms with van der Waals surface area (Å²) >= 11 is 0. The minimum Gasteiger partial charge on any atom is -0.733 e. The van der Waals surface area contributed by atoms with Crippen LogP contribution in [0.25, 0.3) is 0 Å². The Morgan fingerprint density at radius 2 is 1.79 bits per heavy atom. The first-order valence-corrected chi connectivity index (χ1v) is 8.37. The molecule has 1 N–H and O–H groups in total. The SMILES string of the molecule is CCCC1N=C(c2ccccc2)C2C(c3ccc(N([O-])O)cc3)N12. The molecule has 4 rings (SSSR count). The van der Waals surface area contributed by atoms with E-state index in [0.717, 1.165) is 24.1 Å². The minimum absolute atomic E-state index is 0.103. The molecule has 1 saturated heterocycles. The second-order valence-electron chi connectivity index (χ2n) is 6.35. The smallest absolute Gasteiger partial charge is 0.103 e. The van der Waals surface area contributed by atoms with E-state index in [4.69, 9.17) is 10.2 Å². The van der Waals surface area contributed by atoms with Crippen molar-refractivity contribution in [1.82, 2.24) is 4.90 Å². The highest BCUT2D eigenvalue weighted by Gasteiger charge is 2.58.